The van der Waals surface area contributed by atoms with Crippen LogP contribution >= 0.6 is 23.1 Å². The van der Waals surface area contributed by atoms with Crippen LogP contribution in [0.15, 0.2) is 34.1 Å². The first-order valence-electron chi connectivity index (χ1n) is 5.36. The molecule has 0 atom stereocenters. The summed E-state index contributed by atoms with van der Waals surface area (Å²) < 4.78 is 0.962. The largest absolute Gasteiger partial charge is 0.345 e. The number of aromatic nitrogens is 2. The van der Waals surface area contributed by atoms with Gasteiger partial charge in [-0.15, -0.1) is 10.2 Å². The van der Waals surface area contributed by atoms with Gasteiger partial charge in [-0.25, -0.2) is 0 Å². The Morgan fingerprint density at radius 1 is 1.33 bits per heavy atom. The van der Waals surface area contributed by atoms with Gasteiger partial charge < -0.3 is 4.90 Å². The fourth-order valence-electron chi connectivity index (χ4n) is 1.37. The lowest BCUT2D eigenvalue weighted by Crippen LogP contribution is -2.21. The SMILES string of the molecule is CN(C)C(=O)c1ccc(CSc2nncs2)cc1. The lowest BCUT2D eigenvalue weighted by atomic mass is 10.1. The van der Waals surface area contributed by atoms with E-state index in [4.69, 9.17) is 0 Å². The van der Waals surface area contributed by atoms with Crippen molar-refractivity contribution in [2.75, 3.05) is 14.1 Å². The van der Waals surface area contributed by atoms with Gasteiger partial charge in [0.25, 0.3) is 5.91 Å². The summed E-state index contributed by atoms with van der Waals surface area (Å²) in [7, 11) is 3.50. The Kier molecular flexibility index (Phi) is 4.33. The summed E-state index contributed by atoms with van der Waals surface area (Å²) in [6, 6.07) is 7.67. The van der Waals surface area contributed by atoms with Gasteiger partial charge >= 0.3 is 0 Å². The number of carbonyl (C=O) groups excluding carboxylic acids is 1. The van der Waals surface area contributed by atoms with Crippen LogP contribution in [0.2, 0.25) is 0 Å². The zero-order valence-corrected chi connectivity index (χ0v) is 11.8. The third-order valence-corrected chi connectivity index (χ3v) is 4.24. The van der Waals surface area contributed by atoms with Crippen molar-refractivity contribution in [3.63, 3.8) is 0 Å². The highest BCUT2D eigenvalue weighted by atomic mass is 32.2. The fraction of sp³-hybridized carbons (Fsp3) is 0.250. The molecule has 1 aromatic carbocycles. The van der Waals surface area contributed by atoms with Crippen LogP contribution in [-0.2, 0) is 5.75 Å². The van der Waals surface area contributed by atoms with Gasteiger partial charge in [0, 0.05) is 25.4 Å². The molecule has 0 saturated carbocycles. The van der Waals surface area contributed by atoms with E-state index in [0.717, 1.165) is 10.1 Å². The van der Waals surface area contributed by atoms with Crippen molar-refractivity contribution >= 4 is 29.0 Å². The summed E-state index contributed by atoms with van der Waals surface area (Å²) >= 11 is 3.18. The van der Waals surface area contributed by atoms with Gasteiger partial charge in [-0.2, -0.15) is 0 Å². The molecule has 0 aliphatic carbocycles. The molecular weight excluding hydrogens is 266 g/mol. The summed E-state index contributed by atoms with van der Waals surface area (Å²) in [5, 5.41) is 7.76. The predicted molar refractivity (Wildman–Crippen MR) is 73.9 cm³/mol. The molecule has 2 rings (SSSR count). The molecule has 0 saturated heterocycles. The molecule has 94 valence electrons. The summed E-state index contributed by atoms with van der Waals surface area (Å²) in [5.41, 5.74) is 3.61. The number of rotatable bonds is 4. The van der Waals surface area contributed by atoms with E-state index < -0.39 is 0 Å². The third-order valence-electron chi connectivity index (χ3n) is 2.31. The number of amides is 1. The van der Waals surface area contributed by atoms with Crippen LogP contribution in [-0.4, -0.2) is 35.1 Å². The summed E-state index contributed by atoms with van der Waals surface area (Å²) in [6.07, 6.45) is 0. The van der Waals surface area contributed by atoms with Gasteiger partial charge in [-0.1, -0.05) is 35.2 Å². The number of hydrogen-bond donors (Lipinski definition) is 0. The average molecular weight is 279 g/mol. The number of nitrogens with zero attached hydrogens (tertiary/aromatic N) is 3. The van der Waals surface area contributed by atoms with E-state index in [-0.39, 0.29) is 5.91 Å². The summed E-state index contributed by atoms with van der Waals surface area (Å²) in [4.78, 5) is 13.3. The van der Waals surface area contributed by atoms with Crippen LogP contribution in [0.5, 0.6) is 0 Å². The Morgan fingerprint density at radius 2 is 2.06 bits per heavy atom. The molecule has 2 aromatic rings. The topological polar surface area (TPSA) is 46.1 Å². The molecule has 0 spiro atoms. The molecule has 0 aliphatic rings. The lowest BCUT2D eigenvalue weighted by molar-refractivity contribution is 0.0827. The number of hydrogen-bond acceptors (Lipinski definition) is 5. The lowest BCUT2D eigenvalue weighted by Gasteiger charge is -2.10. The smallest absolute Gasteiger partial charge is 0.253 e. The molecule has 6 heteroatoms. The van der Waals surface area contributed by atoms with Gasteiger partial charge in [-0.05, 0) is 17.7 Å². The average Bonchev–Trinajstić information content (AvgIpc) is 2.89. The van der Waals surface area contributed by atoms with Crippen LogP contribution in [0, 0.1) is 0 Å². The van der Waals surface area contributed by atoms with Crippen LogP contribution in [0.25, 0.3) is 0 Å². The maximum absolute atomic E-state index is 11.7. The highest BCUT2D eigenvalue weighted by Crippen LogP contribution is 2.23. The van der Waals surface area contributed by atoms with E-state index in [9.17, 15) is 4.79 Å². The predicted octanol–water partition coefficient (Wildman–Crippen LogP) is 2.53. The molecule has 1 amide bonds. The Labute approximate surface area is 114 Å². The van der Waals surface area contributed by atoms with Crippen LogP contribution in [0.1, 0.15) is 15.9 Å². The quantitative estimate of drug-likeness (QED) is 0.807. The maximum Gasteiger partial charge on any atom is 0.253 e. The minimum Gasteiger partial charge on any atom is -0.345 e. The van der Waals surface area contributed by atoms with Crippen molar-refractivity contribution in [1.29, 1.82) is 0 Å². The molecule has 0 radical (unpaired) electrons. The summed E-state index contributed by atoms with van der Waals surface area (Å²) in [5.74, 6) is 0.865. The third kappa shape index (κ3) is 3.30. The zero-order valence-electron chi connectivity index (χ0n) is 10.2. The second kappa shape index (κ2) is 5.97. The highest BCUT2D eigenvalue weighted by Gasteiger charge is 2.07. The van der Waals surface area contributed by atoms with Gasteiger partial charge in [0.2, 0.25) is 0 Å². The molecule has 1 heterocycles. The van der Waals surface area contributed by atoms with Crippen LogP contribution in [0.3, 0.4) is 0 Å². The van der Waals surface area contributed by atoms with Crippen LogP contribution in [0.4, 0.5) is 0 Å². The number of benzene rings is 1. The molecule has 0 bridgehead atoms. The van der Waals surface area contributed by atoms with Crippen molar-refractivity contribution in [2.24, 2.45) is 0 Å². The van der Waals surface area contributed by atoms with E-state index in [2.05, 4.69) is 10.2 Å². The maximum atomic E-state index is 11.7. The van der Waals surface area contributed by atoms with E-state index >= 15 is 0 Å². The van der Waals surface area contributed by atoms with E-state index in [1.807, 2.05) is 24.3 Å². The van der Waals surface area contributed by atoms with Gasteiger partial charge in [-0.3, -0.25) is 4.79 Å². The standard InChI is InChI=1S/C12H13N3OS2/c1-15(2)11(16)10-5-3-9(4-6-10)7-17-12-14-13-8-18-12/h3-6,8H,7H2,1-2H3. The molecule has 4 nitrogen and oxygen atoms in total. The molecule has 0 N–H and O–H groups in total. The number of carbonyl (C=O) groups is 1. The second-order valence-corrected chi connectivity index (χ2v) is 5.95. The van der Waals surface area contributed by atoms with Gasteiger partial charge in [0.05, 0.1) is 0 Å². The Hall–Kier alpha value is -1.40. The first-order valence-corrected chi connectivity index (χ1v) is 7.23. The first kappa shape index (κ1) is 13.0. The zero-order chi connectivity index (χ0) is 13.0. The molecule has 0 aliphatic heterocycles. The monoisotopic (exact) mass is 279 g/mol. The van der Waals surface area contributed by atoms with Crippen molar-refractivity contribution in [1.82, 2.24) is 15.1 Å². The minimum absolute atomic E-state index is 0.0262. The summed E-state index contributed by atoms with van der Waals surface area (Å²) in [6.45, 7) is 0. The highest BCUT2D eigenvalue weighted by molar-refractivity contribution is 8.00. The second-order valence-electron chi connectivity index (χ2n) is 3.89. The molecule has 0 fully saturated rings. The van der Waals surface area contributed by atoms with Gasteiger partial charge in [0.15, 0.2) is 4.34 Å². The van der Waals surface area contributed by atoms with Crippen molar-refractivity contribution in [3.8, 4) is 0 Å². The normalized spacial score (nSPS) is 10.3. The molecule has 18 heavy (non-hydrogen) atoms. The van der Waals surface area contributed by atoms with E-state index in [1.54, 1.807) is 36.3 Å². The Balaban J connectivity index is 1.97. The molecular formula is C12H13N3OS2. The molecule has 1 aromatic heterocycles. The van der Waals surface area contributed by atoms with Gasteiger partial charge in [0.1, 0.15) is 5.51 Å². The van der Waals surface area contributed by atoms with Crippen LogP contribution < -0.4 is 0 Å². The Bertz CT molecular complexity index is 509. The van der Waals surface area contributed by atoms with Crippen molar-refractivity contribution in [3.05, 3.63) is 40.9 Å². The first-order chi connectivity index (χ1) is 8.66. The fourth-order valence-corrected chi connectivity index (χ4v) is 2.82. The Morgan fingerprint density at radius 3 is 2.61 bits per heavy atom. The van der Waals surface area contributed by atoms with Crippen molar-refractivity contribution in [2.45, 2.75) is 10.1 Å². The van der Waals surface area contributed by atoms with E-state index in [1.165, 1.54) is 16.9 Å². The molecule has 0 unspecified atom stereocenters. The van der Waals surface area contributed by atoms with E-state index in [0.29, 0.717) is 5.56 Å². The number of thioether (sulfide) groups is 1. The minimum atomic E-state index is 0.0262. The van der Waals surface area contributed by atoms with Crippen molar-refractivity contribution < 1.29 is 4.79 Å².